The van der Waals surface area contributed by atoms with Gasteiger partial charge in [0.25, 0.3) is 0 Å². The van der Waals surface area contributed by atoms with E-state index in [0.717, 1.165) is 11.1 Å². The van der Waals surface area contributed by atoms with Gasteiger partial charge < -0.3 is 9.73 Å². The number of halogens is 3. The number of rotatable bonds is 5. The van der Waals surface area contributed by atoms with E-state index in [-0.39, 0.29) is 11.9 Å². The normalized spacial score (nSPS) is 12.3. The van der Waals surface area contributed by atoms with E-state index >= 15 is 0 Å². The largest absolute Gasteiger partial charge is 0.439 e. The Morgan fingerprint density at radius 1 is 1.17 bits per heavy atom. The summed E-state index contributed by atoms with van der Waals surface area (Å²) in [6.07, 6.45) is 1.63. The quantitative estimate of drug-likeness (QED) is 0.636. The smallest absolute Gasteiger partial charge is 0.208 e. The highest BCUT2D eigenvalue weighted by molar-refractivity contribution is 6.35. The zero-order valence-corrected chi connectivity index (χ0v) is 14.4. The molecule has 3 rings (SSSR count). The van der Waals surface area contributed by atoms with E-state index in [1.54, 1.807) is 30.5 Å². The highest BCUT2D eigenvalue weighted by Gasteiger charge is 2.12. The first-order valence-corrected chi connectivity index (χ1v) is 8.17. The molecule has 24 heavy (non-hydrogen) atoms. The third kappa shape index (κ3) is 3.96. The molecule has 0 radical (unpaired) electrons. The highest BCUT2D eigenvalue weighted by atomic mass is 35.5. The van der Waals surface area contributed by atoms with Crippen molar-refractivity contribution in [3.8, 4) is 11.3 Å². The Kier molecular flexibility index (Phi) is 5.19. The summed E-state index contributed by atoms with van der Waals surface area (Å²) in [5, 5.41) is 4.52. The van der Waals surface area contributed by atoms with Crippen molar-refractivity contribution in [1.82, 2.24) is 10.3 Å². The molecular formula is C18H15Cl2FN2O. The van der Waals surface area contributed by atoms with Crippen LogP contribution in [0.2, 0.25) is 10.0 Å². The van der Waals surface area contributed by atoms with Gasteiger partial charge in [-0.25, -0.2) is 9.37 Å². The fraction of sp³-hybridized carbons (Fsp3) is 0.167. The summed E-state index contributed by atoms with van der Waals surface area (Å²) in [5.41, 5.74) is 1.73. The van der Waals surface area contributed by atoms with Gasteiger partial charge in [0.1, 0.15) is 5.82 Å². The van der Waals surface area contributed by atoms with Crippen LogP contribution in [0.4, 0.5) is 4.39 Å². The Bertz CT molecular complexity index is 833. The molecule has 124 valence electrons. The molecule has 1 aromatic heterocycles. The molecule has 0 bridgehead atoms. The van der Waals surface area contributed by atoms with Crippen molar-refractivity contribution in [1.29, 1.82) is 0 Å². The summed E-state index contributed by atoms with van der Waals surface area (Å²) in [6, 6.07) is 11.5. The van der Waals surface area contributed by atoms with Crippen LogP contribution < -0.4 is 5.32 Å². The maximum atomic E-state index is 13.0. The van der Waals surface area contributed by atoms with Crippen LogP contribution in [0.5, 0.6) is 0 Å². The van der Waals surface area contributed by atoms with Gasteiger partial charge in [-0.05, 0) is 48.9 Å². The van der Waals surface area contributed by atoms with Gasteiger partial charge >= 0.3 is 0 Å². The molecule has 3 nitrogen and oxygen atoms in total. The van der Waals surface area contributed by atoms with Crippen molar-refractivity contribution >= 4 is 23.2 Å². The molecule has 0 aliphatic heterocycles. The van der Waals surface area contributed by atoms with Crippen LogP contribution >= 0.6 is 23.2 Å². The standard InChI is InChI=1S/C18H15Cl2FN2O/c1-11(15-7-4-13(19)8-16(15)20)22-10-18-23-9-17(24-18)12-2-5-14(21)6-3-12/h2-9,11,22H,10H2,1H3/t11-/m1/s1. The lowest BCUT2D eigenvalue weighted by molar-refractivity contribution is 0.454. The van der Waals surface area contributed by atoms with Crippen molar-refractivity contribution in [2.24, 2.45) is 0 Å². The second kappa shape index (κ2) is 7.34. The minimum atomic E-state index is -0.283. The molecule has 0 amide bonds. The fourth-order valence-corrected chi connectivity index (χ4v) is 2.91. The molecule has 0 aliphatic carbocycles. The lowest BCUT2D eigenvalue weighted by Crippen LogP contribution is -2.18. The van der Waals surface area contributed by atoms with E-state index in [1.165, 1.54) is 12.1 Å². The van der Waals surface area contributed by atoms with Crippen LogP contribution in [-0.4, -0.2) is 4.98 Å². The monoisotopic (exact) mass is 364 g/mol. The first-order valence-electron chi connectivity index (χ1n) is 7.42. The molecule has 0 spiro atoms. The molecule has 1 N–H and O–H groups in total. The number of aromatic nitrogens is 1. The lowest BCUT2D eigenvalue weighted by atomic mass is 10.1. The third-order valence-corrected chi connectivity index (χ3v) is 4.23. The van der Waals surface area contributed by atoms with Gasteiger partial charge in [0.15, 0.2) is 5.76 Å². The molecule has 0 saturated heterocycles. The first kappa shape index (κ1) is 17.0. The molecule has 1 heterocycles. The summed E-state index contributed by atoms with van der Waals surface area (Å²) in [5.74, 6) is 0.865. The molecule has 2 aromatic carbocycles. The lowest BCUT2D eigenvalue weighted by Gasteiger charge is -2.14. The number of benzene rings is 2. The van der Waals surface area contributed by atoms with Gasteiger partial charge in [-0.15, -0.1) is 0 Å². The molecule has 1 atom stereocenters. The summed E-state index contributed by atoms with van der Waals surface area (Å²) >= 11 is 12.1. The summed E-state index contributed by atoms with van der Waals surface area (Å²) in [6.45, 7) is 2.44. The van der Waals surface area contributed by atoms with Gasteiger partial charge in [0.2, 0.25) is 5.89 Å². The number of nitrogens with zero attached hydrogens (tertiary/aromatic N) is 1. The molecule has 0 unspecified atom stereocenters. The number of nitrogens with one attached hydrogen (secondary N) is 1. The second-order valence-corrected chi connectivity index (χ2v) is 6.24. The average Bonchev–Trinajstić information content (AvgIpc) is 3.02. The highest BCUT2D eigenvalue weighted by Crippen LogP contribution is 2.26. The second-order valence-electron chi connectivity index (χ2n) is 5.39. The minimum absolute atomic E-state index is 0.0101. The molecule has 0 saturated carbocycles. The molecule has 3 aromatic rings. The van der Waals surface area contributed by atoms with Gasteiger partial charge in [0.05, 0.1) is 12.7 Å². The number of hydrogen-bond acceptors (Lipinski definition) is 3. The summed E-state index contributed by atoms with van der Waals surface area (Å²) in [4.78, 5) is 4.24. The predicted molar refractivity (Wildman–Crippen MR) is 93.6 cm³/mol. The van der Waals surface area contributed by atoms with E-state index in [0.29, 0.717) is 28.2 Å². The predicted octanol–water partition coefficient (Wildman–Crippen LogP) is 5.64. The Hall–Kier alpha value is -1.88. The van der Waals surface area contributed by atoms with Crippen molar-refractivity contribution in [3.63, 3.8) is 0 Å². The summed E-state index contributed by atoms with van der Waals surface area (Å²) < 4.78 is 18.7. The van der Waals surface area contributed by atoms with E-state index in [4.69, 9.17) is 27.6 Å². The molecular weight excluding hydrogens is 350 g/mol. The SMILES string of the molecule is C[C@@H](NCc1ncc(-c2ccc(F)cc2)o1)c1ccc(Cl)cc1Cl. The van der Waals surface area contributed by atoms with E-state index in [9.17, 15) is 4.39 Å². The number of oxazole rings is 1. The maximum absolute atomic E-state index is 13.0. The van der Waals surface area contributed by atoms with Gasteiger partial charge in [-0.2, -0.15) is 0 Å². The van der Waals surface area contributed by atoms with Gasteiger partial charge in [-0.1, -0.05) is 29.3 Å². The van der Waals surface area contributed by atoms with Crippen LogP contribution in [0.3, 0.4) is 0 Å². The molecule has 0 fully saturated rings. The zero-order valence-electron chi connectivity index (χ0n) is 12.9. The fourth-order valence-electron chi connectivity index (χ4n) is 2.34. The average molecular weight is 365 g/mol. The molecule has 6 heteroatoms. The Balaban J connectivity index is 1.65. The van der Waals surface area contributed by atoms with Crippen LogP contribution in [0.1, 0.15) is 24.4 Å². The third-order valence-electron chi connectivity index (χ3n) is 3.67. The van der Waals surface area contributed by atoms with Gasteiger partial charge in [0, 0.05) is 21.7 Å². The van der Waals surface area contributed by atoms with Crippen LogP contribution in [-0.2, 0) is 6.54 Å². The number of hydrogen-bond donors (Lipinski definition) is 1. The van der Waals surface area contributed by atoms with Gasteiger partial charge in [-0.3, -0.25) is 0 Å². The van der Waals surface area contributed by atoms with E-state index < -0.39 is 0 Å². The van der Waals surface area contributed by atoms with Crippen molar-refractivity contribution in [3.05, 3.63) is 76.0 Å². The van der Waals surface area contributed by atoms with Crippen molar-refractivity contribution in [2.75, 3.05) is 0 Å². The van der Waals surface area contributed by atoms with Crippen LogP contribution in [0.15, 0.2) is 53.1 Å². The summed E-state index contributed by atoms with van der Waals surface area (Å²) in [7, 11) is 0. The topological polar surface area (TPSA) is 38.1 Å². The van der Waals surface area contributed by atoms with Crippen LogP contribution in [0.25, 0.3) is 11.3 Å². The zero-order chi connectivity index (χ0) is 17.1. The van der Waals surface area contributed by atoms with Crippen molar-refractivity contribution < 1.29 is 8.81 Å². The Morgan fingerprint density at radius 2 is 1.92 bits per heavy atom. The maximum Gasteiger partial charge on any atom is 0.208 e. The Morgan fingerprint density at radius 3 is 2.62 bits per heavy atom. The van der Waals surface area contributed by atoms with Crippen LogP contribution in [0, 0.1) is 5.82 Å². The van der Waals surface area contributed by atoms with Crippen molar-refractivity contribution in [2.45, 2.75) is 19.5 Å². The van der Waals surface area contributed by atoms with E-state index in [1.807, 2.05) is 13.0 Å². The Labute approximate surface area is 149 Å². The molecule has 0 aliphatic rings. The minimum Gasteiger partial charge on any atom is -0.439 e. The first-order chi connectivity index (χ1) is 11.5. The van der Waals surface area contributed by atoms with E-state index in [2.05, 4.69) is 10.3 Å².